The number of carboxylic acid groups (broad SMARTS) is 1. The summed E-state index contributed by atoms with van der Waals surface area (Å²) in [5.74, 6) is -0.586. The van der Waals surface area contributed by atoms with Crippen LogP contribution in [-0.2, 0) is 22.6 Å². The number of fused-ring (bicyclic) bond motifs is 1. The molecular weight excluding hydrogens is 433 g/mol. The summed E-state index contributed by atoms with van der Waals surface area (Å²) in [7, 11) is 1.55. The maximum absolute atomic E-state index is 15.2. The number of rotatable bonds is 7. The van der Waals surface area contributed by atoms with Crippen LogP contribution in [0.15, 0.2) is 54.7 Å². The number of halogens is 1. The van der Waals surface area contributed by atoms with Gasteiger partial charge in [0.25, 0.3) is 0 Å². The third-order valence-electron chi connectivity index (χ3n) is 7.14. The van der Waals surface area contributed by atoms with Crippen molar-refractivity contribution in [1.29, 1.82) is 0 Å². The first-order valence-corrected chi connectivity index (χ1v) is 11.7. The molecule has 34 heavy (non-hydrogen) atoms. The topological polar surface area (TPSA) is 68.7 Å². The van der Waals surface area contributed by atoms with Gasteiger partial charge in [0.05, 0.1) is 25.7 Å². The van der Waals surface area contributed by atoms with Gasteiger partial charge in [0, 0.05) is 24.2 Å². The van der Waals surface area contributed by atoms with Crippen LogP contribution in [0.25, 0.3) is 11.1 Å². The number of carbonyl (C=O) groups is 1. The monoisotopic (exact) mass is 461 g/mol. The quantitative estimate of drug-likeness (QED) is 0.473. The molecule has 1 aliphatic heterocycles. The fourth-order valence-corrected chi connectivity index (χ4v) is 5.08. The fraction of sp³-hybridized carbons (Fsp3) is 0.357. The van der Waals surface area contributed by atoms with E-state index in [-0.39, 0.29) is 17.8 Å². The van der Waals surface area contributed by atoms with Crippen molar-refractivity contribution in [2.24, 2.45) is 11.8 Å². The van der Waals surface area contributed by atoms with Gasteiger partial charge in [0.1, 0.15) is 5.82 Å². The smallest absolute Gasteiger partial charge is 0.306 e. The van der Waals surface area contributed by atoms with Crippen LogP contribution in [0.2, 0.25) is 0 Å². The maximum atomic E-state index is 15.2. The van der Waals surface area contributed by atoms with E-state index in [0.717, 1.165) is 40.7 Å². The third kappa shape index (κ3) is 4.42. The van der Waals surface area contributed by atoms with E-state index >= 15 is 4.39 Å². The van der Waals surface area contributed by atoms with Crippen molar-refractivity contribution < 1.29 is 23.8 Å². The summed E-state index contributed by atoms with van der Waals surface area (Å²) in [4.78, 5) is 15.8. The number of hydrogen-bond donors (Lipinski definition) is 1. The van der Waals surface area contributed by atoms with Crippen molar-refractivity contribution in [3.63, 3.8) is 0 Å². The molecule has 1 aromatic heterocycles. The van der Waals surface area contributed by atoms with E-state index in [0.29, 0.717) is 30.4 Å². The number of methoxy groups -OCH3 is 1. The zero-order valence-electron chi connectivity index (χ0n) is 19.3. The first-order valence-electron chi connectivity index (χ1n) is 11.7. The zero-order valence-corrected chi connectivity index (χ0v) is 19.3. The number of aromatic nitrogens is 1. The summed E-state index contributed by atoms with van der Waals surface area (Å²) in [6.07, 6.45) is 3.96. The summed E-state index contributed by atoms with van der Waals surface area (Å²) < 4.78 is 26.4. The highest BCUT2D eigenvalue weighted by molar-refractivity contribution is 5.71. The van der Waals surface area contributed by atoms with Crippen LogP contribution in [0.3, 0.4) is 0 Å². The van der Waals surface area contributed by atoms with Crippen LogP contribution in [0, 0.1) is 17.7 Å². The minimum atomic E-state index is -0.759. The largest absolute Gasteiger partial charge is 0.481 e. The van der Waals surface area contributed by atoms with Crippen LogP contribution in [-0.4, -0.2) is 23.2 Å². The molecule has 5 rings (SSSR count). The third-order valence-corrected chi connectivity index (χ3v) is 7.14. The average Bonchev–Trinajstić information content (AvgIpc) is 3.68. The molecule has 0 amide bonds. The second kappa shape index (κ2) is 9.18. The van der Waals surface area contributed by atoms with Gasteiger partial charge in [-0.2, -0.15) is 0 Å². The molecule has 2 aromatic carbocycles. The summed E-state index contributed by atoms with van der Waals surface area (Å²) >= 11 is 0. The molecule has 2 heterocycles. The molecule has 5 nitrogen and oxygen atoms in total. The molecule has 0 radical (unpaired) electrons. The zero-order chi connectivity index (χ0) is 23.8. The summed E-state index contributed by atoms with van der Waals surface area (Å²) in [6, 6.07) is 15.0. The Kier molecular flexibility index (Phi) is 6.09. The molecule has 2 aliphatic rings. The Balaban J connectivity index is 1.40. The maximum Gasteiger partial charge on any atom is 0.306 e. The Morgan fingerprint density at radius 1 is 1.12 bits per heavy atom. The SMILES string of the molecule is COc1cc(-c2ccc([C@@H]3Cc4cc(C(C5CC5)C(C)C(=O)O)ccc4CO3)c(F)c2)ccn1. The van der Waals surface area contributed by atoms with Gasteiger partial charge in [-0.25, -0.2) is 9.37 Å². The second-order valence-corrected chi connectivity index (χ2v) is 9.35. The number of hydrogen-bond acceptors (Lipinski definition) is 4. The minimum Gasteiger partial charge on any atom is -0.481 e. The number of benzene rings is 2. The fourth-order valence-electron chi connectivity index (χ4n) is 5.08. The molecule has 176 valence electrons. The molecule has 3 atom stereocenters. The highest BCUT2D eigenvalue weighted by Crippen LogP contribution is 2.47. The normalized spacial score (nSPS) is 19.2. The summed E-state index contributed by atoms with van der Waals surface area (Å²) in [5.41, 5.74) is 5.36. The van der Waals surface area contributed by atoms with E-state index < -0.39 is 11.9 Å². The molecule has 3 aromatic rings. The highest BCUT2D eigenvalue weighted by Gasteiger charge is 2.39. The van der Waals surface area contributed by atoms with Crippen LogP contribution >= 0.6 is 0 Å². The number of aliphatic carboxylic acids is 1. The van der Waals surface area contributed by atoms with Gasteiger partial charge < -0.3 is 14.6 Å². The van der Waals surface area contributed by atoms with E-state index in [4.69, 9.17) is 9.47 Å². The Hall–Kier alpha value is -3.25. The van der Waals surface area contributed by atoms with Crippen molar-refractivity contribution in [2.75, 3.05) is 7.11 Å². The first kappa shape index (κ1) is 22.5. The minimum absolute atomic E-state index is 0.0115. The van der Waals surface area contributed by atoms with E-state index in [2.05, 4.69) is 11.1 Å². The molecule has 2 unspecified atom stereocenters. The van der Waals surface area contributed by atoms with Gasteiger partial charge >= 0.3 is 5.97 Å². The van der Waals surface area contributed by atoms with Crippen LogP contribution in [0.1, 0.15) is 54.0 Å². The van der Waals surface area contributed by atoms with Gasteiger partial charge in [-0.3, -0.25) is 4.79 Å². The van der Waals surface area contributed by atoms with Crippen molar-refractivity contribution >= 4 is 5.97 Å². The number of nitrogens with zero attached hydrogens (tertiary/aromatic N) is 1. The predicted molar refractivity (Wildman–Crippen MR) is 126 cm³/mol. The van der Waals surface area contributed by atoms with Crippen LogP contribution in [0.4, 0.5) is 4.39 Å². The Labute approximate surface area is 198 Å². The first-order chi connectivity index (χ1) is 16.4. The van der Waals surface area contributed by atoms with E-state index in [1.165, 1.54) is 6.07 Å². The van der Waals surface area contributed by atoms with Crippen LogP contribution < -0.4 is 4.74 Å². The Bertz CT molecular complexity index is 1220. The molecule has 1 aliphatic carbocycles. The van der Waals surface area contributed by atoms with Gasteiger partial charge in [0.2, 0.25) is 5.88 Å². The number of carboxylic acids is 1. The lowest BCUT2D eigenvalue weighted by atomic mass is 9.81. The molecule has 0 saturated heterocycles. The van der Waals surface area contributed by atoms with Crippen molar-refractivity contribution in [3.8, 4) is 17.0 Å². The number of pyridine rings is 1. The van der Waals surface area contributed by atoms with E-state index in [9.17, 15) is 9.90 Å². The Morgan fingerprint density at radius 2 is 1.91 bits per heavy atom. The average molecular weight is 462 g/mol. The van der Waals surface area contributed by atoms with Gasteiger partial charge in [-0.1, -0.05) is 37.3 Å². The van der Waals surface area contributed by atoms with Crippen LogP contribution in [0.5, 0.6) is 5.88 Å². The Morgan fingerprint density at radius 3 is 2.62 bits per heavy atom. The summed E-state index contributed by atoms with van der Waals surface area (Å²) in [5, 5.41) is 9.61. The predicted octanol–water partition coefficient (Wildman–Crippen LogP) is 5.92. The molecule has 1 saturated carbocycles. The van der Waals surface area contributed by atoms with Gasteiger partial charge in [-0.05, 0) is 64.6 Å². The summed E-state index contributed by atoms with van der Waals surface area (Å²) in [6.45, 7) is 2.21. The molecule has 0 spiro atoms. The molecule has 0 bridgehead atoms. The van der Waals surface area contributed by atoms with E-state index in [1.54, 1.807) is 32.4 Å². The van der Waals surface area contributed by atoms with Gasteiger partial charge in [-0.15, -0.1) is 0 Å². The lowest BCUT2D eigenvalue weighted by Gasteiger charge is -2.28. The van der Waals surface area contributed by atoms with Crippen molar-refractivity contribution in [2.45, 2.75) is 44.8 Å². The number of ether oxygens (including phenoxy) is 2. The molecule has 6 heteroatoms. The lowest BCUT2D eigenvalue weighted by Crippen LogP contribution is -2.22. The lowest BCUT2D eigenvalue weighted by molar-refractivity contribution is -0.142. The highest BCUT2D eigenvalue weighted by atomic mass is 19.1. The van der Waals surface area contributed by atoms with Crippen molar-refractivity contribution in [3.05, 3.63) is 82.8 Å². The van der Waals surface area contributed by atoms with E-state index in [1.807, 2.05) is 24.3 Å². The molecule has 1 N–H and O–H groups in total. The molecular formula is C28H28FNO4. The standard InChI is InChI=1S/C28H28FNO4/c1-16(28(31)32)27(17-3-4-17)20-5-6-21-15-34-25(13-22(21)11-20)23-8-7-18(12-24(23)29)19-9-10-30-26(14-19)33-2/h5-12,14,16-17,25,27H,3-4,13,15H2,1-2H3,(H,31,32)/t16?,25-,27?/m0/s1. The van der Waals surface area contributed by atoms with Gasteiger partial charge in [0.15, 0.2) is 0 Å². The second-order valence-electron chi connectivity index (χ2n) is 9.35. The van der Waals surface area contributed by atoms with Crippen molar-refractivity contribution in [1.82, 2.24) is 4.98 Å². The molecule has 1 fully saturated rings.